The molecule has 1 heterocycles. The quantitative estimate of drug-likeness (QED) is 0.822. The molecular weight excluding hydrogens is 238 g/mol. The average Bonchev–Trinajstić information content (AvgIpc) is 2.42. The number of carbonyl (C=O) groups excluding carboxylic acids is 1. The molecule has 0 saturated carbocycles. The summed E-state index contributed by atoms with van der Waals surface area (Å²) in [7, 11) is 0. The number of hydrogen-bond donors (Lipinski definition) is 1. The van der Waals surface area contributed by atoms with Crippen LogP contribution >= 0.6 is 0 Å². The van der Waals surface area contributed by atoms with Gasteiger partial charge in [-0.3, -0.25) is 4.79 Å². The lowest BCUT2D eigenvalue weighted by molar-refractivity contribution is 0.0705. The largest absolute Gasteiger partial charge is 0.370 e. The molecule has 0 radical (unpaired) electrons. The minimum atomic E-state index is 0.0615. The molecule has 1 aromatic heterocycles. The summed E-state index contributed by atoms with van der Waals surface area (Å²) in [5.74, 6) is 0.886. The van der Waals surface area contributed by atoms with Crippen molar-refractivity contribution in [3.8, 4) is 0 Å². The summed E-state index contributed by atoms with van der Waals surface area (Å²) >= 11 is 0. The van der Waals surface area contributed by atoms with E-state index in [4.69, 9.17) is 0 Å². The maximum absolute atomic E-state index is 12.4. The third-order valence-electron chi connectivity index (χ3n) is 2.92. The number of nitrogens with one attached hydrogen (secondary N) is 1. The van der Waals surface area contributed by atoms with E-state index < -0.39 is 0 Å². The highest BCUT2D eigenvalue weighted by Gasteiger charge is 2.17. The number of rotatable bonds is 7. The van der Waals surface area contributed by atoms with Gasteiger partial charge in [0.05, 0.1) is 5.56 Å². The molecule has 0 unspecified atom stereocenters. The smallest absolute Gasteiger partial charge is 0.255 e. The van der Waals surface area contributed by atoms with Crippen LogP contribution in [0.1, 0.15) is 50.9 Å². The van der Waals surface area contributed by atoms with Crippen LogP contribution in [0.3, 0.4) is 0 Å². The summed E-state index contributed by atoms with van der Waals surface area (Å²) in [6.07, 6.45) is 3.68. The van der Waals surface area contributed by atoms with Crippen LogP contribution in [0.25, 0.3) is 0 Å². The molecule has 0 aromatic carbocycles. The number of hydrogen-bond acceptors (Lipinski definition) is 3. The molecule has 1 aromatic rings. The van der Waals surface area contributed by atoms with E-state index in [0.29, 0.717) is 5.56 Å². The molecule has 0 saturated heterocycles. The van der Waals surface area contributed by atoms with Gasteiger partial charge in [0, 0.05) is 25.3 Å². The molecule has 0 aliphatic carbocycles. The Bertz CT molecular complexity index is 387. The van der Waals surface area contributed by atoms with Crippen molar-refractivity contribution in [3.05, 3.63) is 23.9 Å². The van der Waals surface area contributed by atoms with Crippen molar-refractivity contribution >= 4 is 11.7 Å². The van der Waals surface area contributed by atoms with Crippen molar-refractivity contribution in [3.63, 3.8) is 0 Å². The first-order chi connectivity index (χ1) is 9.10. The Labute approximate surface area is 116 Å². The Morgan fingerprint density at radius 1 is 1.32 bits per heavy atom. The highest BCUT2D eigenvalue weighted by atomic mass is 16.2. The molecular formula is C15H25N3O. The van der Waals surface area contributed by atoms with Crippen molar-refractivity contribution < 1.29 is 4.79 Å². The van der Waals surface area contributed by atoms with E-state index in [0.717, 1.165) is 31.7 Å². The van der Waals surface area contributed by atoms with Crippen LogP contribution in [-0.2, 0) is 0 Å². The Morgan fingerprint density at radius 2 is 2.05 bits per heavy atom. The van der Waals surface area contributed by atoms with Crippen molar-refractivity contribution in [2.24, 2.45) is 0 Å². The van der Waals surface area contributed by atoms with Crippen LogP contribution in [0, 0.1) is 0 Å². The number of anilines is 1. The van der Waals surface area contributed by atoms with Gasteiger partial charge in [0.25, 0.3) is 5.91 Å². The lowest BCUT2D eigenvalue weighted by Gasteiger charge is -2.26. The molecule has 1 N–H and O–H groups in total. The third-order valence-corrected chi connectivity index (χ3v) is 2.92. The minimum absolute atomic E-state index is 0.0615. The molecule has 0 aliphatic rings. The van der Waals surface area contributed by atoms with Crippen LogP contribution in [0.15, 0.2) is 18.3 Å². The molecule has 4 nitrogen and oxygen atoms in total. The van der Waals surface area contributed by atoms with E-state index in [1.165, 1.54) is 0 Å². The highest BCUT2D eigenvalue weighted by Crippen LogP contribution is 2.11. The van der Waals surface area contributed by atoms with E-state index >= 15 is 0 Å². The second kappa shape index (κ2) is 7.77. The standard InChI is InChI=1S/C15H25N3O/c1-5-9-16-14-8-7-13(11-17-14)15(19)18(10-6-2)12(3)4/h7-8,11-12H,5-6,9-10H2,1-4H3,(H,16,17). The van der Waals surface area contributed by atoms with Crippen molar-refractivity contribution in [1.82, 2.24) is 9.88 Å². The average molecular weight is 263 g/mol. The Balaban J connectivity index is 2.75. The highest BCUT2D eigenvalue weighted by molar-refractivity contribution is 5.94. The van der Waals surface area contributed by atoms with E-state index in [1.54, 1.807) is 6.20 Å². The Hall–Kier alpha value is -1.58. The van der Waals surface area contributed by atoms with Crippen molar-refractivity contribution in [2.45, 2.75) is 46.6 Å². The van der Waals surface area contributed by atoms with Crippen LogP contribution in [0.2, 0.25) is 0 Å². The maximum Gasteiger partial charge on any atom is 0.255 e. The third kappa shape index (κ3) is 4.54. The fourth-order valence-electron chi connectivity index (χ4n) is 1.88. The second-order valence-electron chi connectivity index (χ2n) is 4.95. The van der Waals surface area contributed by atoms with E-state index in [2.05, 4.69) is 24.1 Å². The summed E-state index contributed by atoms with van der Waals surface area (Å²) in [6, 6.07) is 3.93. The summed E-state index contributed by atoms with van der Waals surface area (Å²) in [5, 5.41) is 3.20. The monoisotopic (exact) mass is 263 g/mol. The van der Waals surface area contributed by atoms with Crippen molar-refractivity contribution in [1.29, 1.82) is 0 Å². The summed E-state index contributed by atoms with van der Waals surface area (Å²) < 4.78 is 0. The van der Waals surface area contributed by atoms with Gasteiger partial charge in [-0.1, -0.05) is 13.8 Å². The SMILES string of the molecule is CCCNc1ccc(C(=O)N(CCC)C(C)C)cn1. The topological polar surface area (TPSA) is 45.2 Å². The maximum atomic E-state index is 12.4. The van der Waals surface area contributed by atoms with Crippen molar-refractivity contribution in [2.75, 3.05) is 18.4 Å². The summed E-state index contributed by atoms with van der Waals surface area (Å²) in [6.45, 7) is 9.95. The first kappa shape index (κ1) is 15.5. The predicted octanol–water partition coefficient (Wildman–Crippen LogP) is 3.16. The predicted molar refractivity (Wildman–Crippen MR) is 79.5 cm³/mol. The molecule has 0 atom stereocenters. The Morgan fingerprint density at radius 3 is 2.53 bits per heavy atom. The van der Waals surface area contributed by atoms with Gasteiger partial charge >= 0.3 is 0 Å². The second-order valence-corrected chi connectivity index (χ2v) is 4.95. The number of nitrogens with zero attached hydrogens (tertiary/aromatic N) is 2. The fraction of sp³-hybridized carbons (Fsp3) is 0.600. The molecule has 0 bridgehead atoms. The van der Waals surface area contributed by atoms with Gasteiger partial charge in [0.2, 0.25) is 0 Å². The van der Waals surface area contributed by atoms with Crippen LogP contribution < -0.4 is 5.32 Å². The number of amides is 1. The van der Waals surface area contributed by atoms with Gasteiger partial charge in [-0.25, -0.2) is 4.98 Å². The number of pyridine rings is 1. The molecule has 1 rings (SSSR count). The van der Waals surface area contributed by atoms with E-state index in [-0.39, 0.29) is 11.9 Å². The van der Waals surface area contributed by atoms with Gasteiger partial charge in [-0.05, 0) is 38.8 Å². The molecule has 1 amide bonds. The molecule has 0 spiro atoms. The molecule has 106 valence electrons. The first-order valence-corrected chi connectivity index (χ1v) is 7.11. The lowest BCUT2D eigenvalue weighted by Crippen LogP contribution is -2.37. The fourth-order valence-corrected chi connectivity index (χ4v) is 1.88. The van der Waals surface area contributed by atoms with Gasteiger partial charge in [0.15, 0.2) is 0 Å². The van der Waals surface area contributed by atoms with Crippen LogP contribution in [-0.4, -0.2) is 34.9 Å². The molecule has 4 heteroatoms. The number of aromatic nitrogens is 1. The normalized spacial score (nSPS) is 10.6. The summed E-state index contributed by atoms with van der Waals surface area (Å²) in [5.41, 5.74) is 0.657. The van der Waals surface area contributed by atoms with Gasteiger partial charge in [0.1, 0.15) is 5.82 Å². The first-order valence-electron chi connectivity index (χ1n) is 7.11. The van der Waals surface area contributed by atoms with Crippen LogP contribution in [0.5, 0.6) is 0 Å². The van der Waals surface area contributed by atoms with E-state index in [1.807, 2.05) is 30.9 Å². The zero-order valence-corrected chi connectivity index (χ0v) is 12.4. The molecule has 19 heavy (non-hydrogen) atoms. The lowest BCUT2D eigenvalue weighted by atomic mass is 10.2. The summed E-state index contributed by atoms with van der Waals surface area (Å²) in [4.78, 5) is 18.5. The van der Waals surface area contributed by atoms with Gasteiger partial charge < -0.3 is 10.2 Å². The molecule has 0 fully saturated rings. The van der Waals surface area contributed by atoms with Crippen LogP contribution in [0.4, 0.5) is 5.82 Å². The number of carbonyl (C=O) groups is 1. The van der Waals surface area contributed by atoms with E-state index in [9.17, 15) is 4.79 Å². The minimum Gasteiger partial charge on any atom is -0.370 e. The van der Waals surface area contributed by atoms with Gasteiger partial charge in [-0.2, -0.15) is 0 Å². The molecule has 0 aliphatic heterocycles. The van der Waals surface area contributed by atoms with Gasteiger partial charge in [-0.15, -0.1) is 0 Å². The Kier molecular flexibility index (Phi) is 6.33. The zero-order chi connectivity index (χ0) is 14.3. The zero-order valence-electron chi connectivity index (χ0n) is 12.4.